The van der Waals surface area contributed by atoms with E-state index >= 15 is 0 Å². The van der Waals surface area contributed by atoms with Gasteiger partial charge in [-0.2, -0.15) is 0 Å². The van der Waals surface area contributed by atoms with Gasteiger partial charge in [-0.15, -0.1) is 0 Å². The van der Waals surface area contributed by atoms with Crippen LogP contribution in [0.3, 0.4) is 0 Å². The smallest absolute Gasteiger partial charge is 0.306 e. The van der Waals surface area contributed by atoms with Crippen molar-refractivity contribution in [2.24, 2.45) is 0 Å². The molecule has 0 fully saturated rings. The van der Waals surface area contributed by atoms with E-state index in [2.05, 4.69) is 24.3 Å². The fraction of sp³-hybridized carbons (Fsp3) is 0.133. The molecule has 0 atom stereocenters. The molecule has 180 valence electrons. The van der Waals surface area contributed by atoms with Crippen molar-refractivity contribution in [3.63, 3.8) is 0 Å². The van der Waals surface area contributed by atoms with Gasteiger partial charge in [0.05, 0.1) is 10.0 Å². The van der Waals surface area contributed by atoms with Gasteiger partial charge in [-0.1, -0.05) is 102 Å². The maximum absolute atomic E-state index is 12.8. The van der Waals surface area contributed by atoms with Crippen LogP contribution in [0.25, 0.3) is 11.1 Å². The van der Waals surface area contributed by atoms with Crippen molar-refractivity contribution in [3.8, 4) is 11.1 Å². The fourth-order valence-corrected chi connectivity index (χ4v) is 6.18. The Morgan fingerprint density at radius 1 is 0.833 bits per heavy atom. The summed E-state index contributed by atoms with van der Waals surface area (Å²) in [6.07, 6.45) is 1.37. The molecular formula is C30H22Cl2O3S. The quantitative estimate of drug-likeness (QED) is 0.169. The lowest BCUT2D eigenvalue weighted by Gasteiger charge is -2.15. The fourth-order valence-electron chi connectivity index (χ4n) is 4.61. The van der Waals surface area contributed by atoms with Gasteiger partial charge in [-0.25, -0.2) is 0 Å². The first-order valence-corrected chi connectivity index (χ1v) is 13.2. The number of carbonyl (C=O) groups is 2. The summed E-state index contributed by atoms with van der Waals surface area (Å²) in [5.41, 5.74) is 6.10. The highest BCUT2D eigenvalue weighted by Crippen LogP contribution is 2.44. The predicted octanol–water partition coefficient (Wildman–Crippen LogP) is 8.25. The minimum absolute atomic E-state index is 0.0158. The molecule has 0 amide bonds. The number of aldehydes is 1. The maximum atomic E-state index is 12.8. The lowest BCUT2D eigenvalue weighted by Crippen LogP contribution is -2.13. The first-order chi connectivity index (χ1) is 17.6. The molecule has 0 aromatic heterocycles. The second-order valence-corrected chi connectivity index (χ2v) is 10.4. The van der Waals surface area contributed by atoms with Crippen LogP contribution in [0.5, 0.6) is 0 Å². The third kappa shape index (κ3) is 4.94. The molecule has 0 radical (unpaired) electrons. The van der Waals surface area contributed by atoms with Crippen LogP contribution in [-0.4, -0.2) is 18.9 Å². The minimum Gasteiger partial charge on any atom is -0.465 e. The van der Waals surface area contributed by atoms with Crippen molar-refractivity contribution < 1.29 is 14.3 Å². The molecule has 0 N–H and O–H groups in total. The number of fused-ring (bicyclic) bond motifs is 3. The largest absolute Gasteiger partial charge is 0.465 e. The number of halogens is 2. The summed E-state index contributed by atoms with van der Waals surface area (Å²) >= 11 is 14.3. The Labute approximate surface area is 224 Å². The van der Waals surface area contributed by atoms with E-state index in [1.165, 1.54) is 34.0 Å². The van der Waals surface area contributed by atoms with Crippen LogP contribution < -0.4 is 0 Å². The highest BCUT2D eigenvalue weighted by molar-refractivity contribution is 7.99. The van der Waals surface area contributed by atoms with E-state index in [0.29, 0.717) is 22.0 Å². The van der Waals surface area contributed by atoms with Gasteiger partial charge in [0.1, 0.15) is 6.61 Å². The van der Waals surface area contributed by atoms with Gasteiger partial charge in [0.2, 0.25) is 0 Å². The van der Waals surface area contributed by atoms with E-state index in [4.69, 9.17) is 27.9 Å². The van der Waals surface area contributed by atoms with Crippen LogP contribution in [0.15, 0.2) is 94.7 Å². The van der Waals surface area contributed by atoms with Gasteiger partial charge in [-0.05, 0) is 52.4 Å². The lowest BCUT2D eigenvalue weighted by molar-refractivity contribution is -0.143. The monoisotopic (exact) mass is 532 g/mol. The van der Waals surface area contributed by atoms with Gasteiger partial charge in [-0.3, -0.25) is 9.59 Å². The molecule has 4 aromatic carbocycles. The van der Waals surface area contributed by atoms with Crippen LogP contribution >= 0.6 is 35.0 Å². The van der Waals surface area contributed by atoms with Crippen LogP contribution in [0.4, 0.5) is 0 Å². The van der Waals surface area contributed by atoms with Gasteiger partial charge in [0.25, 0.3) is 0 Å². The van der Waals surface area contributed by atoms with E-state index in [-0.39, 0.29) is 24.9 Å². The number of rotatable bonds is 8. The molecule has 3 nitrogen and oxygen atoms in total. The second-order valence-electron chi connectivity index (χ2n) is 8.51. The average Bonchev–Trinajstić information content (AvgIpc) is 3.23. The highest BCUT2D eigenvalue weighted by Gasteiger charge is 2.29. The number of benzene rings is 4. The molecule has 0 unspecified atom stereocenters. The SMILES string of the molecule is O=Cc1ccccc1Sc1ccc(Cl)c(Cl)c1CCC(=O)OCC1c2ccccc2-c2ccccc21. The molecule has 1 aliphatic carbocycles. The summed E-state index contributed by atoms with van der Waals surface area (Å²) in [6, 6.07) is 27.5. The van der Waals surface area contributed by atoms with Crippen LogP contribution in [0.1, 0.15) is 39.4 Å². The number of carbonyl (C=O) groups excluding carboxylic acids is 2. The predicted molar refractivity (Wildman–Crippen MR) is 145 cm³/mol. The van der Waals surface area contributed by atoms with Crippen LogP contribution in [0, 0.1) is 0 Å². The standard InChI is InChI=1S/C30H22Cl2O3S/c31-26-14-15-28(36-27-12-6-1-7-19(27)17-33)24(30(26)32)13-16-29(34)35-18-25-22-10-4-2-8-20(22)21-9-3-5-11-23(21)25/h1-12,14-15,17,25H,13,16,18H2. The third-order valence-corrected chi connectivity index (χ3v) is 8.41. The topological polar surface area (TPSA) is 43.4 Å². The van der Waals surface area contributed by atoms with Gasteiger partial charge in [0.15, 0.2) is 6.29 Å². The lowest BCUT2D eigenvalue weighted by atomic mass is 9.98. The van der Waals surface area contributed by atoms with E-state index < -0.39 is 0 Å². The molecule has 0 saturated heterocycles. The zero-order valence-corrected chi connectivity index (χ0v) is 21.6. The molecule has 0 heterocycles. The van der Waals surface area contributed by atoms with Crippen LogP contribution in [0.2, 0.25) is 10.0 Å². The molecule has 36 heavy (non-hydrogen) atoms. The first-order valence-electron chi connectivity index (χ1n) is 11.6. The van der Waals surface area contributed by atoms with Crippen molar-refractivity contribution in [1.29, 1.82) is 0 Å². The number of ether oxygens (including phenoxy) is 1. The first kappa shape index (κ1) is 24.6. The highest BCUT2D eigenvalue weighted by atomic mass is 35.5. The van der Waals surface area contributed by atoms with E-state index in [1.54, 1.807) is 12.1 Å². The molecule has 0 spiro atoms. The molecule has 0 saturated carbocycles. The second kappa shape index (κ2) is 10.9. The third-order valence-electron chi connectivity index (χ3n) is 6.37. The van der Waals surface area contributed by atoms with E-state index in [0.717, 1.165) is 21.6 Å². The normalized spacial score (nSPS) is 12.2. The Kier molecular flexibility index (Phi) is 7.47. The summed E-state index contributed by atoms with van der Waals surface area (Å²) in [5, 5.41) is 0.837. The Morgan fingerprint density at radius 3 is 2.17 bits per heavy atom. The van der Waals surface area contributed by atoms with Crippen molar-refractivity contribution in [1.82, 2.24) is 0 Å². The Hall–Kier alpha value is -3.05. The van der Waals surface area contributed by atoms with Crippen molar-refractivity contribution in [3.05, 3.63) is 117 Å². The Bertz CT molecular complexity index is 1400. The number of esters is 1. The molecular weight excluding hydrogens is 511 g/mol. The molecule has 5 rings (SSSR count). The molecule has 0 aliphatic heterocycles. The van der Waals surface area contributed by atoms with Crippen molar-refractivity contribution in [2.45, 2.75) is 28.6 Å². The zero-order valence-electron chi connectivity index (χ0n) is 19.2. The summed E-state index contributed by atoms with van der Waals surface area (Å²) < 4.78 is 5.76. The van der Waals surface area contributed by atoms with Crippen molar-refractivity contribution >= 4 is 47.2 Å². The summed E-state index contributed by atoms with van der Waals surface area (Å²) in [5.74, 6) is -0.279. The van der Waals surface area contributed by atoms with Gasteiger partial charge < -0.3 is 4.74 Å². The summed E-state index contributed by atoms with van der Waals surface area (Å²) in [6.45, 7) is 0.282. The maximum Gasteiger partial charge on any atom is 0.306 e. The summed E-state index contributed by atoms with van der Waals surface area (Å²) in [7, 11) is 0. The summed E-state index contributed by atoms with van der Waals surface area (Å²) in [4.78, 5) is 25.9. The number of hydrogen-bond acceptors (Lipinski definition) is 4. The van der Waals surface area contributed by atoms with Crippen LogP contribution in [-0.2, 0) is 16.0 Å². The molecule has 1 aliphatic rings. The molecule has 6 heteroatoms. The van der Waals surface area contributed by atoms with Gasteiger partial charge in [0, 0.05) is 27.7 Å². The van der Waals surface area contributed by atoms with E-state index in [9.17, 15) is 9.59 Å². The van der Waals surface area contributed by atoms with Crippen molar-refractivity contribution in [2.75, 3.05) is 6.61 Å². The molecule has 0 bridgehead atoms. The Morgan fingerprint density at radius 2 is 1.47 bits per heavy atom. The Balaban J connectivity index is 1.29. The minimum atomic E-state index is -0.294. The average molecular weight is 533 g/mol. The molecule has 4 aromatic rings. The zero-order chi connectivity index (χ0) is 25.1. The van der Waals surface area contributed by atoms with Gasteiger partial charge >= 0.3 is 5.97 Å². The van der Waals surface area contributed by atoms with E-state index in [1.807, 2.05) is 48.5 Å². The number of hydrogen-bond donors (Lipinski definition) is 0.